The van der Waals surface area contributed by atoms with Crippen molar-refractivity contribution in [2.24, 2.45) is 0 Å². The van der Waals surface area contributed by atoms with Gasteiger partial charge in [0.2, 0.25) is 0 Å². The zero-order valence-electron chi connectivity index (χ0n) is 9.74. The number of esters is 1. The predicted molar refractivity (Wildman–Crippen MR) is 69.1 cm³/mol. The van der Waals surface area contributed by atoms with Crippen LogP contribution in [-0.2, 0) is 4.74 Å². The van der Waals surface area contributed by atoms with E-state index in [1.807, 2.05) is 0 Å². The van der Waals surface area contributed by atoms with Crippen LogP contribution in [0.2, 0.25) is 4.34 Å². The summed E-state index contributed by atoms with van der Waals surface area (Å²) >= 11 is 7.38. The van der Waals surface area contributed by atoms with Crippen molar-refractivity contribution >= 4 is 34.0 Å². The monoisotopic (exact) mass is 274 g/mol. The van der Waals surface area contributed by atoms with Crippen molar-refractivity contribution in [2.75, 3.05) is 24.6 Å². The number of anilines is 1. The summed E-state index contributed by atoms with van der Waals surface area (Å²) in [6.07, 6.45) is 3.61. The van der Waals surface area contributed by atoms with Crippen molar-refractivity contribution in [1.82, 2.24) is 4.98 Å². The van der Waals surface area contributed by atoms with Crippen LogP contribution in [0.4, 0.5) is 5.13 Å². The first-order valence-corrected chi connectivity index (χ1v) is 7.00. The van der Waals surface area contributed by atoms with Gasteiger partial charge in [0.05, 0.1) is 6.61 Å². The molecule has 0 aliphatic carbocycles. The quantitative estimate of drug-likeness (QED) is 0.795. The smallest absolute Gasteiger partial charge is 0.359 e. The minimum Gasteiger partial charge on any atom is -0.461 e. The Hall–Kier alpha value is -0.810. The molecular formula is C11H15ClN2O2S. The van der Waals surface area contributed by atoms with Crippen LogP contribution in [0.1, 0.15) is 36.7 Å². The van der Waals surface area contributed by atoms with Gasteiger partial charge >= 0.3 is 5.97 Å². The molecule has 17 heavy (non-hydrogen) atoms. The number of carbonyl (C=O) groups excluding carboxylic acids is 1. The lowest BCUT2D eigenvalue weighted by Crippen LogP contribution is -2.29. The summed E-state index contributed by atoms with van der Waals surface area (Å²) in [6.45, 7) is 4.09. The van der Waals surface area contributed by atoms with E-state index < -0.39 is 5.97 Å². The molecule has 2 heterocycles. The van der Waals surface area contributed by atoms with Gasteiger partial charge in [-0.05, 0) is 26.2 Å². The van der Waals surface area contributed by atoms with E-state index in [0.29, 0.717) is 10.9 Å². The van der Waals surface area contributed by atoms with E-state index in [1.165, 1.54) is 30.6 Å². The molecule has 1 aliphatic rings. The van der Waals surface area contributed by atoms with Gasteiger partial charge in [0.1, 0.15) is 4.34 Å². The third-order valence-corrected chi connectivity index (χ3v) is 3.98. The second-order valence-corrected chi connectivity index (χ2v) is 5.47. The van der Waals surface area contributed by atoms with Gasteiger partial charge in [-0.15, -0.1) is 0 Å². The highest BCUT2D eigenvalue weighted by Crippen LogP contribution is 2.32. The zero-order chi connectivity index (χ0) is 12.3. The number of carbonyl (C=O) groups is 1. The van der Waals surface area contributed by atoms with E-state index in [1.54, 1.807) is 6.92 Å². The van der Waals surface area contributed by atoms with E-state index in [2.05, 4.69) is 9.88 Å². The van der Waals surface area contributed by atoms with E-state index in [4.69, 9.17) is 16.3 Å². The first-order valence-electron chi connectivity index (χ1n) is 5.80. The highest BCUT2D eigenvalue weighted by molar-refractivity contribution is 7.19. The highest BCUT2D eigenvalue weighted by atomic mass is 35.5. The Balaban J connectivity index is 2.14. The molecule has 0 amide bonds. The zero-order valence-corrected chi connectivity index (χ0v) is 11.3. The molecule has 2 rings (SSSR count). The molecule has 0 aromatic carbocycles. The summed E-state index contributed by atoms with van der Waals surface area (Å²) in [4.78, 5) is 18.1. The molecule has 0 N–H and O–H groups in total. The Kier molecular flexibility index (Phi) is 4.23. The molecule has 4 nitrogen and oxygen atoms in total. The van der Waals surface area contributed by atoms with Crippen molar-refractivity contribution in [3.8, 4) is 0 Å². The Morgan fingerprint density at radius 1 is 1.47 bits per heavy atom. The Labute approximate surface area is 110 Å². The molecule has 0 bridgehead atoms. The van der Waals surface area contributed by atoms with Gasteiger partial charge < -0.3 is 9.64 Å². The van der Waals surface area contributed by atoms with E-state index in [0.717, 1.165) is 18.2 Å². The number of hydrogen-bond acceptors (Lipinski definition) is 5. The van der Waals surface area contributed by atoms with Crippen LogP contribution in [0.25, 0.3) is 0 Å². The largest absolute Gasteiger partial charge is 0.461 e. The number of thiazole rings is 1. The minimum atomic E-state index is -0.433. The Morgan fingerprint density at radius 3 is 2.82 bits per heavy atom. The van der Waals surface area contributed by atoms with Gasteiger partial charge in [-0.1, -0.05) is 22.9 Å². The van der Waals surface area contributed by atoms with Crippen molar-refractivity contribution in [1.29, 1.82) is 0 Å². The molecule has 1 aromatic rings. The first-order chi connectivity index (χ1) is 8.22. The average molecular weight is 275 g/mol. The third-order valence-electron chi connectivity index (χ3n) is 2.67. The molecule has 0 unspecified atom stereocenters. The topological polar surface area (TPSA) is 42.4 Å². The van der Waals surface area contributed by atoms with Crippen molar-refractivity contribution < 1.29 is 9.53 Å². The van der Waals surface area contributed by atoms with Gasteiger partial charge in [-0.3, -0.25) is 0 Å². The Morgan fingerprint density at radius 2 is 2.18 bits per heavy atom. The fraction of sp³-hybridized carbons (Fsp3) is 0.636. The predicted octanol–water partition coefficient (Wildman–Crippen LogP) is 2.96. The second kappa shape index (κ2) is 5.69. The molecule has 1 fully saturated rings. The number of nitrogens with zero attached hydrogens (tertiary/aromatic N) is 2. The summed E-state index contributed by atoms with van der Waals surface area (Å²) in [5.41, 5.74) is 0.249. The fourth-order valence-electron chi connectivity index (χ4n) is 1.84. The number of piperidine rings is 1. The first kappa shape index (κ1) is 12.6. The summed E-state index contributed by atoms with van der Waals surface area (Å²) in [7, 11) is 0. The molecule has 0 spiro atoms. The minimum absolute atomic E-state index is 0.249. The van der Waals surface area contributed by atoms with Crippen LogP contribution in [0, 0.1) is 0 Å². The maximum Gasteiger partial charge on any atom is 0.359 e. The lowest BCUT2D eigenvalue weighted by atomic mass is 10.1. The van der Waals surface area contributed by atoms with Crippen LogP contribution in [-0.4, -0.2) is 30.6 Å². The third kappa shape index (κ3) is 2.90. The van der Waals surface area contributed by atoms with Crippen molar-refractivity contribution in [3.63, 3.8) is 0 Å². The molecule has 1 saturated heterocycles. The van der Waals surface area contributed by atoms with E-state index in [9.17, 15) is 4.79 Å². The number of ether oxygens (including phenoxy) is 1. The van der Waals surface area contributed by atoms with Crippen LogP contribution in [0.3, 0.4) is 0 Å². The normalized spacial score (nSPS) is 16.0. The van der Waals surface area contributed by atoms with Gasteiger partial charge in [0.25, 0.3) is 0 Å². The number of halogens is 1. The molecule has 1 aliphatic heterocycles. The van der Waals surface area contributed by atoms with Crippen LogP contribution >= 0.6 is 22.9 Å². The van der Waals surface area contributed by atoms with Crippen molar-refractivity contribution in [3.05, 3.63) is 10.0 Å². The lowest BCUT2D eigenvalue weighted by Gasteiger charge is -2.25. The lowest BCUT2D eigenvalue weighted by molar-refractivity contribution is 0.0520. The number of rotatable bonds is 3. The van der Waals surface area contributed by atoms with Gasteiger partial charge in [-0.25, -0.2) is 9.78 Å². The van der Waals surface area contributed by atoms with E-state index in [-0.39, 0.29) is 5.69 Å². The summed E-state index contributed by atoms with van der Waals surface area (Å²) < 4.78 is 5.33. The average Bonchev–Trinajstić information content (AvgIpc) is 2.73. The second-order valence-electron chi connectivity index (χ2n) is 3.89. The van der Waals surface area contributed by atoms with Gasteiger partial charge in [0, 0.05) is 13.1 Å². The van der Waals surface area contributed by atoms with Crippen LogP contribution < -0.4 is 4.90 Å². The molecule has 0 atom stereocenters. The molecule has 6 heteroatoms. The molecular weight excluding hydrogens is 260 g/mol. The summed E-state index contributed by atoms with van der Waals surface area (Å²) in [6, 6.07) is 0. The molecule has 1 aromatic heterocycles. The van der Waals surface area contributed by atoms with Gasteiger partial charge in [-0.2, -0.15) is 0 Å². The molecule has 0 radical (unpaired) electrons. The Bertz CT molecular complexity index is 402. The highest BCUT2D eigenvalue weighted by Gasteiger charge is 2.21. The van der Waals surface area contributed by atoms with E-state index >= 15 is 0 Å². The molecule has 0 saturated carbocycles. The number of hydrogen-bond donors (Lipinski definition) is 0. The standard InChI is InChI=1S/C11H15ClN2O2S/c1-2-16-10(15)8-9(12)17-11(13-8)14-6-4-3-5-7-14/h2-7H2,1H3. The van der Waals surface area contributed by atoms with Crippen LogP contribution in [0.5, 0.6) is 0 Å². The maximum absolute atomic E-state index is 11.6. The molecule has 94 valence electrons. The van der Waals surface area contributed by atoms with Crippen LogP contribution in [0.15, 0.2) is 0 Å². The summed E-state index contributed by atoms with van der Waals surface area (Å²) in [5, 5.41) is 0.831. The maximum atomic E-state index is 11.6. The summed E-state index contributed by atoms with van der Waals surface area (Å²) in [5.74, 6) is -0.433. The fourth-order valence-corrected chi connectivity index (χ4v) is 3.00. The van der Waals surface area contributed by atoms with Gasteiger partial charge in [0.15, 0.2) is 10.8 Å². The SMILES string of the molecule is CCOC(=O)c1nc(N2CCCCC2)sc1Cl. The van der Waals surface area contributed by atoms with Crippen molar-refractivity contribution in [2.45, 2.75) is 26.2 Å². The number of aromatic nitrogens is 1.